The van der Waals surface area contributed by atoms with Crippen LogP contribution >= 0.6 is 0 Å². The third kappa shape index (κ3) is 4.09. The molecule has 0 aliphatic carbocycles. The van der Waals surface area contributed by atoms with E-state index in [-0.39, 0.29) is 24.1 Å². The first kappa shape index (κ1) is 18.5. The maximum Gasteiger partial charge on any atom is 0.255 e. The number of carbonyl (C=O) groups excluding carboxylic acids is 1. The highest BCUT2D eigenvalue weighted by molar-refractivity contribution is 5.95. The molecule has 0 bridgehead atoms. The number of aryl methyl sites for hydroxylation is 2. The van der Waals surface area contributed by atoms with Crippen molar-refractivity contribution >= 4 is 5.91 Å². The molecule has 1 N–H and O–H groups in total. The van der Waals surface area contributed by atoms with Gasteiger partial charge in [-0.2, -0.15) is 5.10 Å². The van der Waals surface area contributed by atoms with Crippen molar-refractivity contribution in [2.24, 2.45) is 7.05 Å². The van der Waals surface area contributed by atoms with Gasteiger partial charge >= 0.3 is 0 Å². The number of piperidine rings is 1. The van der Waals surface area contributed by atoms with E-state index in [2.05, 4.69) is 10.4 Å². The van der Waals surface area contributed by atoms with Crippen LogP contribution in [0.5, 0.6) is 0 Å². The van der Waals surface area contributed by atoms with Crippen LogP contribution in [0.15, 0.2) is 24.4 Å². The molecule has 3 rings (SSSR count). The maximum atomic E-state index is 13.9. The zero-order valence-corrected chi connectivity index (χ0v) is 15.1. The SMILES string of the molecule is CCc1nn(C)cc1C(=O)NC1CCCN(Cc2c(F)cccc2F)C1. The Kier molecular flexibility index (Phi) is 5.66. The summed E-state index contributed by atoms with van der Waals surface area (Å²) in [7, 11) is 1.79. The lowest BCUT2D eigenvalue weighted by molar-refractivity contribution is 0.0898. The lowest BCUT2D eigenvalue weighted by Crippen LogP contribution is -2.47. The molecule has 2 heterocycles. The Morgan fingerprint density at radius 2 is 2.08 bits per heavy atom. The Labute approximate surface area is 152 Å². The highest BCUT2D eigenvalue weighted by atomic mass is 19.1. The fourth-order valence-corrected chi connectivity index (χ4v) is 3.47. The van der Waals surface area contributed by atoms with Crippen LogP contribution in [0.3, 0.4) is 0 Å². The number of likely N-dealkylation sites (tertiary alicyclic amines) is 1. The number of halogens is 2. The second-order valence-corrected chi connectivity index (χ2v) is 6.76. The van der Waals surface area contributed by atoms with E-state index in [1.807, 2.05) is 11.8 Å². The van der Waals surface area contributed by atoms with Gasteiger partial charge in [0.1, 0.15) is 11.6 Å². The number of aromatic nitrogens is 2. The summed E-state index contributed by atoms with van der Waals surface area (Å²) in [4.78, 5) is 14.6. The minimum absolute atomic E-state index is 0.0454. The van der Waals surface area contributed by atoms with E-state index >= 15 is 0 Å². The second kappa shape index (κ2) is 7.95. The summed E-state index contributed by atoms with van der Waals surface area (Å²) in [6.07, 6.45) is 4.13. The third-order valence-electron chi connectivity index (χ3n) is 4.77. The first-order valence-corrected chi connectivity index (χ1v) is 8.96. The number of rotatable bonds is 5. The van der Waals surface area contributed by atoms with Crippen LogP contribution in [0.2, 0.25) is 0 Å². The molecule has 1 aromatic carbocycles. The monoisotopic (exact) mass is 362 g/mol. The smallest absolute Gasteiger partial charge is 0.255 e. The van der Waals surface area contributed by atoms with E-state index < -0.39 is 11.6 Å². The van der Waals surface area contributed by atoms with E-state index in [0.717, 1.165) is 25.1 Å². The fourth-order valence-electron chi connectivity index (χ4n) is 3.47. The zero-order valence-electron chi connectivity index (χ0n) is 15.1. The van der Waals surface area contributed by atoms with Gasteiger partial charge in [0.15, 0.2) is 0 Å². The van der Waals surface area contributed by atoms with Crippen LogP contribution in [-0.2, 0) is 20.0 Å². The van der Waals surface area contributed by atoms with Crippen LogP contribution in [-0.4, -0.2) is 39.7 Å². The standard InChI is InChI=1S/C19H24F2N4O/c1-3-18-15(11-24(2)23-18)19(26)22-13-6-5-9-25(10-13)12-14-16(20)7-4-8-17(14)21/h4,7-8,11,13H,3,5-6,9-10,12H2,1-2H3,(H,22,26). The van der Waals surface area contributed by atoms with E-state index in [4.69, 9.17) is 0 Å². The first-order chi connectivity index (χ1) is 12.5. The Balaban J connectivity index is 1.64. The summed E-state index contributed by atoms with van der Waals surface area (Å²) in [5, 5.41) is 7.34. The van der Waals surface area contributed by atoms with Gasteiger partial charge < -0.3 is 5.32 Å². The van der Waals surface area contributed by atoms with Gasteiger partial charge in [-0.3, -0.25) is 14.4 Å². The van der Waals surface area contributed by atoms with Crippen LogP contribution in [0.1, 0.15) is 41.4 Å². The molecular weight excluding hydrogens is 338 g/mol. The second-order valence-electron chi connectivity index (χ2n) is 6.76. The summed E-state index contributed by atoms with van der Waals surface area (Å²) < 4.78 is 29.4. The minimum Gasteiger partial charge on any atom is -0.348 e. The minimum atomic E-state index is -0.529. The molecule has 1 aliphatic heterocycles. The molecule has 2 aromatic rings. The van der Waals surface area contributed by atoms with Crippen LogP contribution in [0, 0.1) is 11.6 Å². The van der Waals surface area contributed by atoms with Crippen molar-refractivity contribution < 1.29 is 13.6 Å². The Hall–Kier alpha value is -2.28. The molecule has 1 amide bonds. The van der Waals surface area contributed by atoms with Crippen molar-refractivity contribution in [3.05, 3.63) is 52.9 Å². The highest BCUT2D eigenvalue weighted by Crippen LogP contribution is 2.19. The molecule has 1 saturated heterocycles. The predicted molar refractivity (Wildman–Crippen MR) is 94.7 cm³/mol. The van der Waals surface area contributed by atoms with Gasteiger partial charge in [-0.05, 0) is 37.9 Å². The number of hydrogen-bond donors (Lipinski definition) is 1. The summed E-state index contributed by atoms with van der Waals surface area (Å²) in [5.41, 5.74) is 1.44. The van der Waals surface area contributed by atoms with Gasteiger partial charge in [0.25, 0.3) is 5.91 Å². The quantitative estimate of drug-likeness (QED) is 0.890. The molecule has 0 saturated carbocycles. The summed E-state index contributed by atoms with van der Waals surface area (Å²) in [6.45, 7) is 3.50. The van der Waals surface area contributed by atoms with Crippen LogP contribution in [0.4, 0.5) is 8.78 Å². The van der Waals surface area contributed by atoms with Gasteiger partial charge in [-0.25, -0.2) is 8.78 Å². The summed E-state index contributed by atoms with van der Waals surface area (Å²) in [6, 6.07) is 3.87. The number of nitrogens with one attached hydrogen (secondary N) is 1. The van der Waals surface area contributed by atoms with Gasteiger partial charge in [-0.15, -0.1) is 0 Å². The molecule has 1 fully saturated rings. The number of amides is 1. The van der Waals surface area contributed by atoms with Crippen molar-refractivity contribution in [1.82, 2.24) is 20.0 Å². The highest BCUT2D eigenvalue weighted by Gasteiger charge is 2.25. The molecule has 0 radical (unpaired) electrons. The normalized spacial score (nSPS) is 18.1. The van der Waals surface area contributed by atoms with Gasteiger partial charge in [0.2, 0.25) is 0 Å². The lowest BCUT2D eigenvalue weighted by atomic mass is 10.0. The Morgan fingerprint density at radius 1 is 1.35 bits per heavy atom. The average Bonchev–Trinajstić information content (AvgIpc) is 3.00. The number of carbonyl (C=O) groups is 1. The fraction of sp³-hybridized carbons (Fsp3) is 0.474. The summed E-state index contributed by atoms with van der Waals surface area (Å²) in [5.74, 6) is -1.20. The molecule has 7 heteroatoms. The van der Waals surface area contributed by atoms with E-state index in [1.165, 1.54) is 18.2 Å². The Morgan fingerprint density at radius 3 is 2.77 bits per heavy atom. The molecule has 1 unspecified atom stereocenters. The molecule has 5 nitrogen and oxygen atoms in total. The molecule has 1 atom stereocenters. The van der Waals surface area contributed by atoms with Gasteiger partial charge in [-0.1, -0.05) is 13.0 Å². The van der Waals surface area contributed by atoms with Crippen molar-refractivity contribution in [3.8, 4) is 0 Å². The topological polar surface area (TPSA) is 50.2 Å². The van der Waals surface area contributed by atoms with Crippen molar-refractivity contribution in [1.29, 1.82) is 0 Å². The molecule has 26 heavy (non-hydrogen) atoms. The summed E-state index contributed by atoms with van der Waals surface area (Å²) >= 11 is 0. The van der Waals surface area contributed by atoms with Crippen LogP contribution < -0.4 is 5.32 Å². The average molecular weight is 362 g/mol. The first-order valence-electron chi connectivity index (χ1n) is 8.96. The van der Waals surface area contributed by atoms with Crippen molar-refractivity contribution in [2.45, 2.75) is 38.8 Å². The van der Waals surface area contributed by atoms with E-state index in [9.17, 15) is 13.6 Å². The number of nitrogens with zero attached hydrogens (tertiary/aromatic N) is 3. The maximum absolute atomic E-state index is 13.9. The zero-order chi connectivity index (χ0) is 18.7. The van der Waals surface area contributed by atoms with E-state index in [0.29, 0.717) is 18.5 Å². The number of benzene rings is 1. The molecule has 140 valence electrons. The van der Waals surface area contributed by atoms with Crippen molar-refractivity contribution in [3.63, 3.8) is 0 Å². The van der Waals surface area contributed by atoms with Crippen LogP contribution in [0.25, 0.3) is 0 Å². The van der Waals surface area contributed by atoms with Gasteiger partial charge in [0.05, 0.1) is 11.3 Å². The largest absolute Gasteiger partial charge is 0.348 e. The Bertz CT molecular complexity index is 770. The molecule has 1 aromatic heterocycles. The molecule has 0 spiro atoms. The van der Waals surface area contributed by atoms with Gasteiger partial charge in [0, 0.05) is 37.9 Å². The van der Waals surface area contributed by atoms with E-state index in [1.54, 1.807) is 17.9 Å². The van der Waals surface area contributed by atoms with Crippen molar-refractivity contribution in [2.75, 3.05) is 13.1 Å². The molecular formula is C19H24F2N4O. The predicted octanol–water partition coefficient (Wildman–Crippen LogP) is 2.66. The number of hydrogen-bond acceptors (Lipinski definition) is 3. The molecule has 1 aliphatic rings. The lowest BCUT2D eigenvalue weighted by Gasteiger charge is -2.33. The third-order valence-corrected chi connectivity index (χ3v) is 4.77.